The summed E-state index contributed by atoms with van der Waals surface area (Å²) in [6, 6.07) is 0.594. The Morgan fingerprint density at radius 1 is 1.24 bits per heavy atom. The molecular weight excluding hydrogens is 214 g/mol. The highest BCUT2D eigenvalue weighted by molar-refractivity contribution is 5.71. The van der Waals surface area contributed by atoms with Crippen LogP contribution in [-0.4, -0.2) is 37.1 Å². The van der Waals surface area contributed by atoms with Crippen molar-refractivity contribution < 1.29 is 9.53 Å². The quantitative estimate of drug-likeness (QED) is 0.670. The molecule has 100 valence electrons. The van der Waals surface area contributed by atoms with Gasteiger partial charge in [0.05, 0.1) is 13.7 Å². The Bertz CT molecular complexity index is 222. The van der Waals surface area contributed by atoms with Crippen LogP contribution >= 0.6 is 0 Å². The lowest BCUT2D eigenvalue weighted by Crippen LogP contribution is -2.42. The van der Waals surface area contributed by atoms with Gasteiger partial charge in [0.2, 0.25) is 0 Å². The molecule has 0 spiro atoms. The van der Waals surface area contributed by atoms with Gasteiger partial charge in [-0.05, 0) is 44.6 Å². The van der Waals surface area contributed by atoms with Crippen molar-refractivity contribution >= 4 is 5.97 Å². The lowest BCUT2D eigenvalue weighted by atomic mass is 9.84. The highest BCUT2D eigenvalue weighted by Gasteiger charge is 2.25. The van der Waals surface area contributed by atoms with E-state index in [-0.39, 0.29) is 5.97 Å². The summed E-state index contributed by atoms with van der Waals surface area (Å²) in [7, 11) is 1.47. The number of nitrogens with zero attached hydrogens (tertiary/aromatic N) is 1. The number of hydrogen-bond donors (Lipinski definition) is 0. The molecule has 0 aromatic rings. The Morgan fingerprint density at radius 3 is 2.35 bits per heavy atom. The molecule has 0 heterocycles. The standard InChI is InChI=1S/C14H27NO2/c1-4-10-15(11-14(16)17-3)13-8-6-12(5-2)7-9-13/h12-13H,4-11H2,1-3H3. The number of hydrogen-bond acceptors (Lipinski definition) is 3. The second-order valence-electron chi connectivity index (χ2n) is 5.13. The van der Waals surface area contributed by atoms with E-state index in [4.69, 9.17) is 4.74 Å². The maximum absolute atomic E-state index is 11.4. The smallest absolute Gasteiger partial charge is 0.319 e. The molecule has 0 amide bonds. The second-order valence-corrected chi connectivity index (χ2v) is 5.13. The average molecular weight is 241 g/mol. The molecule has 0 aromatic heterocycles. The summed E-state index contributed by atoms with van der Waals surface area (Å²) in [5.41, 5.74) is 0. The van der Waals surface area contributed by atoms with E-state index in [1.807, 2.05) is 0 Å². The highest BCUT2D eigenvalue weighted by Crippen LogP contribution is 2.29. The summed E-state index contributed by atoms with van der Waals surface area (Å²) < 4.78 is 4.78. The van der Waals surface area contributed by atoms with E-state index in [1.165, 1.54) is 39.2 Å². The molecule has 1 saturated carbocycles. The molecule has 1 aliphatic rings. The number of esters is 1. The maximum atomic E-state index is 11.4. The molecule has 0 bridgehead atoms. The van der Waals surface area contributed by atoms with Crippen molar-refractivity contribution in [1.82, 2.24) is 4.90 Å². The van der Waals surface area contributed by atoms with Crippen LogP contribution in [0.15, 0.2) is 0 Å². The van der Waals surface area contributed by atoms with Crippen LogP contribution < -0.4 is 0 Å². The lowest BCUT2D eigenvalue weighted by molar-refractivity contribution is -0.142. The molecule has 0 atom stereocenters. The molecule has 0 aromatic carbocycles. The fourth-order valence-corrected chi connectivity index (χ4v) is 2.83. The van der Waals surface area contributed by atoms with E-state index in [0.29, 0.717) is 12.6 Å². The van der Waals surface area contributed by atoms with Gasteiger partial charge in [-0.1, -0.05) is 20.3 Å². The van der Waals surface area contributed by atoms with Crippen molar-refractivity contribution in [2.75, 3.05) is 20.2 Å². The SMILES string of the molecule is CCCN(CC(=O)OC)C1CCC(CC)CC1. The van der Waals surface area contributed by atoms with Gasteiger partial charge < -0.3 is 4.74 Å². The van der Waals surface area contributed by atoms with E-state index in [9.17, 15) is 4.79 Å². The van der Waals surface area contributed by atoms with Gasteiger partial charge in [-0.25, -0.2) is 0 Å². The van der Waals surface area contributed by atoms with Crippen LogP contribution in [0.5, 0.6) is 0 Å². The predicted octanol–water partition coefficient (Wildman–Crippen LogP) is 2.84. The number of rotatable bonds is 6. The Labute approximate surface area is 106 Å². The number of ether oxygens (including phenoxy) is 1. The Morgan fingerprint density at radius 2 is 1.88 bits per heavy atom. The van der Waals surface area contributed by atoms with Crippen molar-refractivity contribution in [3.8, 4) is 0 Å². The van der Waals surface area contributed by atoms with Gasteiger partial charge in [-0.3, -0.25) is 9.69 Å². The van der Waals surface area contributed by atoms with Crippen LogP contribution in [0.2, 0.25) is 0 Å². The molecule has 0 radical (unpaired) electrons. The van der Waals surface area contributed by atoms with Crippen molar-refractivity contribution in [2.24, 2.45) is 5.92 Å². The fourth-order valence-electron chi connectivity index (χ4n) is 2.83. The molecule has 3 heteroatoms. The molecule has 17 heavy (non-hydrogen) atoms. The molecule has 1 fully saturated rings. The zero-order valence-electron chi connectivity index (χ0n) is 11.6. The van der Waals surface area contributed by atoms with Crippen molar-refractivity contribution in [3.05, 3.63) is 0 Å². The van der Waals surface area contributed by atoms with E-state index >= 15 is 0 Å². The highest BCUT2D eigenvalue weighted by atomic mass is 16.5. The van der Waals surface area contributed by atoms with Gasteiger partial charge in [0.1, 0.15) is 0 Å². The third-order valence-corrected chi connectivity index (χ3v) is 3.98. The molecule has 3 nitrogen and oxygen atoms in total. The minimum Gasteiger partial charge on any atom is -0.468 e. The van der Waals surface area contributed by atoms with Gasteiger partial charge in [-0.15, -0.1) is 0 Å². The zero-order chi connectivity index (χ0) is 12.7. The molecule has 0 N–H and O–H groups in total. The van der Waals surface area contributed by atoms with Crippen LogP contribution in [0.25, 0.3) is 0 Å². The minimum atomic E-state index is -0.101. The third-order valence-electron chi connectivity index (χ3n) is 3.98. The minimum absolute atomic E-state index is 0.101. The van der Waals surface area contributed by atoms with Gasteiger partial charge in [0.25, 0.3) is 0 Å². The first-order chi connectivity index (χ1) is 8.21. The summed E-state index contributed by atoms with van der Waals surface area (Å²) in [6.07, 6.45) is 7.54. The van der Waals surface area contributed by atoms with E-state index in [1.54, 1.807) is 0 Å². The number of carbonyl (C=O) groups is 1. The first-order valence-corrected chi connectivity index (χ1v) is 7.02. The average Bonchev–Trinajstić information content (AvgIpc) is 2.38. The summed E-state index contributed by atoms with van der Waals surface area (Å²) >= 11 is 0. The van der Waals surface area contributed by atoms with Crippen LogP contribution in [0, 0.1) is 5.92 Å². The predicted molar refractivity (Wildman–Crippen MR) is 69.9 cm³/mol. The van der Waals surface area contributed by atoms with Crippen LogP contribution in [-0.2, 0) is 9.53 Å². The maximum Gasteiger partial charge on any atom is 0.319 e. The van der Waals surface area contributed by atoms with Crippen LogP contribution in [0.3, 0.4) is 0 Å². The van der Waals surface area contributed by atoms with Crippen molar-refractivity contribution in [2.45, 2.75) is 58.4 Å². The lowest BCUT2D eigenvalue weighted by Gasteiger charge is -2.36. The first-order valence-electron chi connectivity index (χ1n) is 7.02. The Hall–Kier alpha value is -0.570. The monoisotopic (exact) mass is 241 g/mol. The molecule has 0 saturated heterocycles. The zero-order valence-corrected chi connectivity index (χ0v) is 11.6. The summed E-state index contributed by atoms with van der Waals surface area (Å²) in [4.78, 5) is 13.7. The number of carbonyl (C=O) groups excluding carboxylic acids is 1. The second kappa shape index (κ2) is 7.70. The van der Waals surface area contributed by atoms with Crippen molar-refractivity contribution in [1.29, 1.82) is 0 Å². The first kappa shape index (κ1) is 14.5. The van der Waals surface area contributed by atoms with Gasteiger partial charge >= 0.3 is 5.97 Å². The summed E-state index contributed by atoms with van der Waals surface area (Å²) in [5, 5.41) is 0. The van der Waals surface area contributed by atoms with Gasteiger partial charge in [0.15, 0.2) is 0 Å². The van der Waals surface area contributed by atoms with Gasteiger partial charge in [0, 0.05) is 6.04 Å². The van der Waals surface area contributed by atoms with E-state index in [0.717, 1.165) is 18.9 Å². The molecule has 1 rings (SSSR count). The van der Waals surface area contributed by atoms with Crippen LogP contribution in [0.4, 0.5) is 0 Å². The molecule has 0 unspecified atom stereocenters. The molecular formula is C14H27NO2. The summed E-state index contributed by atoms with van der Waals surface area (Å²) in [5.74, 6) is 0.809. The normalized spacial score (nSPS) is 24.9. The largest absolute Gasteiger partial charge is 0.468 e. The Kier molecular flexibility index (Phi) is 6.56. The van der Waals surface area contributed by atoms with Crippen molar-refractivity contribution in [3.63, 3.8) is 0 Å². The topological polar surface area (TPSA) is 29.5 Å². The van der Waals surface area contributed by atoms with E-state index < -0.39 is 0 Å². The number of methoxy groups -OCH3 is 1. The van der Waals surface area contributed by atoms with Crippen LogP contribution in [0.1, 0.15) is 52.4 Å². The van der Waals surface area contributed by atoms with Gasteiger partial charge in [-0.2, -0.15) is 0 Å². The molecule has 0 aliphatic heterocycles. The Balaban J connectivity index is 2.44. The van der Waals surface area contributed by atoms with E-state index in [2.05, 4.69) is 18.7 Å². The third kappa shape index (κ3) is 4.66. The fraction of sp³-hybridized carbons (Fsp3) is 0.929. The summed E-state index contributed by atoms with van der Waals surface area (Å²) in [6.45, 7) is 5.92. The molecule has 1 aliphatic carbocycles.